The van der Waals surface area contributed by atoms with Crippen LogP contribution in [0.2, 0.25) is 0 Å². The highest BCUT2D eigenvalue weighted by Crippen LogP contribution is 2.36. The van der Waals surface area contributed by atoms with E-state index in [4.69, 9.17) is 9.47 Å². The molecular weight excluding hydrogens is 384 g/mol. The van der Waals surface area contributed by atoms with Crippen LogP contribution in [0.1, 0.15) is 26.3 Å². The van der Waals surface area contributed by atoms with E-state index in [0.29, 0.717) is 18.0 Å². The lowest BCUT2D eigenvalue weighted by atomic mass is 9.96. The van der Waals surface area contributed by atoms with E-state index in [9.17, 15) is 14.4 Å². The molecule has 1 aliphatic rings. The number of nitrogens with one attached hydrogen (secondary N) is 1. The molecule has 1 aliphatic heterocycles. The number of amides is 2. The topological polar surface area (TPSA) is 84.9 Å². The number of hydrogen-bond acceptors (Lipinski definition) is 5. The minimum Gasteiger partial charge on any atom is -0.494 e. The van der Waals surface area contributed by atoms with Gasteiger partial charge in [0.1, 0.15) is 11.3 Å². The SMILES string of the molecule is CCOc1ccc(/C=C/C(=O)OCC(=O)N2c3ccccc3NC(=O)C2(C)C)cc1. The largest absolute Gasteiger partial charge is 0.494 e. The first-order valence-electron chi connectivity index (χ1n) is 9.64. The Morgan fingerprint density at radius 3 is 2.50 bits per heavy atom. The summed E-state index contributed by atoms with van der Waals surface area (Å²) in [7, 11) is 0. The summed E-state index contributed by atoms with van der Waals surface area (Å²) < 4.78 is 10.5. The van der Waals surface area contributed by atoms with Crippen molar-refractivity contribution in [3.63, 3.8) is 0 Å². The van der Waals surface area contributed by atoms with Gasteiger partial charge >= 0.3 is 5.97 Å². The standard InChI is InChI=1S/C23H24N2O5/c1-4-29-17-12-9-16(10-13-17)11-14-21(27)30-15-20(26)25-19-8-6-5-7-18(19)24-22(28)23(25,2)3/h5-14H,4,15H2,1-3H3,(H,24,28)/b14-11+. The van der Waals surface area contributed by atoms with Crippen molar-refractivity contribution < 1.29 is 23.9 Å². The third-order valence-electron chi connectivity index (χ3n) is 4.70. The van der Waals surface area contributed by atoms with Gasteiger partial charge in [0, 0.05) is 6.08 Å². The average molecular weight is 408 g/mol. The fraction of sp³-hybridized carbons (Fsp3) is 0.261. The fourth-order valence-electron chi connectivity index (χ4n) is 3.15. The average Bonchev–Trinajstić information content (AvgIpc) is 2.72. The van der Waals surface area contributed by atoms with E-state index in [1.165, 1.54) is 11.0 Å². The molecule has 0 aromatic heterocycles. The lowest BCUT2D eigenvalue weighted by Crippen LogP contribution is -2.59. The first-order valence-corrected chi connectivity index (χ1v) is 9.64. The molecule has 0 bridgehead atoms. The smallest absolute Gasteiger partial charge is 0.331 e. The normalized spacial score (nSPS) is 14.8. The van der Waals surface area contributed by atoms with Crippen LogP contribution in [0.5, 0.6) is 5.75 Å². The molecule has 156 valence electrons. The van der Waals surface area contributed by atoms with Crippen LogP contribution in [-0.4, -0.2) is 36.5 Å². The Morgan fingerprint density at radius 2 is 1.80 bits per heavy atom. The van der Waals surface area contributed by atoms with Crippen LogP contribution >= 0.6 is 0 Å². The maximum Gasteiger partial charge on any atom is 0.331 e. The molecule has 2 aromatic carbocycles. The number of carbonyl (C=O) groups is 3. The molecule has 0 atom stereocenters. The van der Waals surface area contributed by atoms with Gasteiger partial charge in [0.2, 0.25) is 5.91 Å². The highest BCUT2D eigenvalue weighted by Gasteiger charge is 2.43. The molecule has 0 aliphatic carbocycles. The predicted molar refractivity (Wildman–Crippen MR) is 114 cm³/mol. The van der Waals surface area contributed by atoms with Crippen LogP contribution in [0, 0.1) is 0 Å². The Kier molecular flexibility index (Phi) is 6.20. The Morgan fingerprint density at radius 1 is 1.10 bits per heavy atom. The van der Waals surface area contributed by atoms with Gasteiger partial charge in [-0.3, -0.25) is 14.5 Å². The number of hydrogen-bond donors (Lipinski definition) is 1. The molecule has 2 amide bonds. The van der Waals surface area contributed by atoms with Crippen molar-refractivity contribution in [2.45, 2.75) is 26.3 Å². The third-order valence-corrected chi connectivity index (χ3v) is 4.70. The number of para-hydroxylation sites is 2. The number of fused-ring (bicyclic) bond motifs is 1. The van der Waals surface area contributed by atoms with E-state index >= 15 is 0 Å². The molecule has 0 radical (unpaired) electrons. The van der Waals surface area contributed by atoms with Gasteiger partial charge in [-0.2, -0.15) is 0 Å². The van der Waals surface area contributed by atoms with E-state index in [1.54, 1.807) is 56.3 Å². The minimum atomic E-state index is -1.12. The van der Waals surface area contributed by atoms with Gasteiger partial charge in [-0.05, 0) is 56.7 Å². The summed E-state index contributed by atoms with van der Waals surface area (Å²) in [5.41, 5.74) is 0.783. The molecule has 3 rings (SSSR count). The second-order valence-corrected chi connectivity index (χ2v) is 7.20. The Bertz CT molecular complexity index is 979. The summed E-state index contributed by atoms with van der Waals surface area (Å²) >= 11 is 0. The van der Waals surface area contributed by atoms with Crippen molar-refractivity contribution >= 4 is 35.2 Å². The van der Waals surface area contributed by atoms with Gasteiger partial charge in [-0.1, -0.05) is 24.3 Å². The first-order chi connectivity index (χ1) is 14.3. The number of carbonyl (C=O) groups excluding carboxylic acids is 3. The van der Waals surface area contributed by atoms with Crippen LogP contribution in [0.25, 0.3) is 6.08 Å². The molecule has 0 fully saturated rings. The van der Waals surface area contributed by atoms with Gasteiger partial charge < -0.3 is 14.8 Å². The van der Waals surface area contributed by atoms with Crippen molar-refractivity contribution in [1.82, 2.24) is 0 Å². The quantitative estimate of drug-likeness (QED) is 0.585. The fourth-order valence-corrected chi connectivity index (χ4v) is 3.15. The van der Waals surface area contributed by atoms with Gasteiger partial charge in [-0.15, -0.1) is 0 Å². The molecule has 0 saturated carbocycles. The summed E-state index contributed by atoms with van der Waals surface area (Å²) in [6.07, 6.45) is 2.85. The first kappa shape index (κ1) is 21.1. The van der Waals surface area contributed by atoms with E-state index in [-0.39, 0.29) is 5.91 Å². The van der Waals surface area contributed by atoms with Gasteiger partial charge in [0.05, 0.1) is 18.0 Å². The van der Waals surface area contributed by atoms with Gasteiger partial charge in [-0.25, -0.2) is 4.79 Å². The summed E-state index contributed by atoms with van der Waals surface area (Å²) in [5, 5.41) is 2.79. The molecule has 0 unspecified atom stereocenters. The lowest BCUT2D eigenvalue weighted by Gasteiger charge is -2.41. The van der Waals surface area contributed by atoms with Crippen molar-refractivity contribution in [3.8, 4) is 5.75 Å². The summed E-state index contributed by atoms with van der Waals surface area (Å²) in [6.45, 7) is 5.29. The van der Waals surface area contributed by atoms with E-state index in [2.05, 4.69) is 5.32 Å². The van der Waals surface area contributed by atoms with Crippen molar-refractivity contribution in [2.24, 2.45) is 0 Å². The molecule has 0 saturated heterocycles. The second kappa shape index (κ2) is 8.82. The Balaban J connectivity index is 1.64. The summed E-state index contributed by atoms with van der Waals surface area (Å²) in [6, 6.07) is 14.2. The van der Waals surface area contributed by atoms with E-state index < -0.39 is 24.0 Å². The van der Waals surface area contributed by atoms with Crippen LogP contribution in [0.4, 0.5) is 11.4 Å². The summed E-state index contributed by atoms with van der Waals surface area (Å²) in [4.78, 5) is 38.7. The van der Waals surface area contributed by atoms with Crippen molar-refractivity contribution in [1.29, 1.82) is 0 Å². The minimum absolute atomic E-state index is 0.309. The highest BCUT2D eigenvalue weighted by atomic mass is 16.5. The second-order valence-electron chi connectivity index (χ2n) is 7.20. The summed E-state index contributed by atoms with van der Waals surface area (Å²) in [5.74, 6) is -0.692. The monoisotopic (exact) mass is 408 g/mol. The molecule has 7 heteroatoms. The lowest BCUT2D eigenvalue weighted by molar-refractivity contribution is -0.143. The van der Waals surface area contributed by atoms with Gasteiger partial charge in [0.25, 0.3) is 5.91 Å². The molecule has 7 nitrogen and oxygen atoms in total. The van der Waals surface area contributed by atoms with Crippen molar-refractivity contribution in [3.05, 3.63) is 60.2 Å². The zero-order chi connectivity index (χ0) is 21.7. The highest BCUT2D eigenvalue weighted by molar-refractivity contribution is 6.14. The van der Waals surface area contributed by atoms with Crippen LogP contribution in [0.3, 0.4) is 0 Å². The number of anilines is 2. The zero-order valence-electron chi connectivity index (χ0n) is 17.2. The third kappa shape index (κ3) is 4.51. The molecular formula is C23H24N2O5. The molecule has 1 N–H and O–H groups in total. The predicted octanol–water partition coefficient (Wildman–Crippen LogP) is 3.41. The number of esters is 1. The number of nitrogens with zero attached hydrogens (tertiary/aromatic N) is 1. The Hall–Kier alpha value is -3.61. The molecule has 1 heterocycles. The van der Waals surface area contributed by atoms with Crippen molar-refractivity contribution in [2.75, 3.05) is 23.4 Å². The van der Waals surface area contributed by atoms with Crippen LogP contribution < -0.4 is 15.0 Å². The zero-order valence-corrected chi connectivity index (χ0v) is 17.2. The van der Waals surface area contributed by atoms with E-state index in [1.807, 2.05) is 19.1 Å². The Labute approximate surface area is 175 Å². The number of benzene rings is 2. The number of rotatable bonds is 6. The maximum atomic E-state index is 12.8. The number of ether oxygens (including phenoxy) is 2. The van der Waals surface area contributed by atoms with Gasteiger partial charge in [0.15, 0.2) is 6.61 Å². The molecule has 30 heavy (non-hydrogen) atoms. The van der Waals surface area contributed by atoms with E-state index in [0.717, 1.165) is 11.3 Å². The molecule has 2 aromatic rings. The molecule has 0 spiro atoms. The van der Waals surface area contributed by atoms with Crippen LogP contribution in [-0.2, 0) is 19.1 Å². The maximum absolute atomic E-state index is 12.8. The van der Waals surface area contributed by atoms with Crippen LogP contribution in [0.15, 0.2) is 54.6 Å².